The van der Waals surface area contributed by atoms with E-state index in [9.17, 15) is 13.5 Å². The molecular weight excluding hydrogens is 252 g/mol. The maximum absolute atomic E-state index is 12.0. The van der Waals surface area contributed by atoms with Gasteiger partial charge in [-0.25, -0.2) is 18.5 Å². The quantitative estimate of drug-likeness (QED) is 0.774. The average molecular weight is 263 g/mol. The van der Waals surface area contributed by atoms with Crippen molar-refractivity contribution in [1.82, 2.24) is 9.29 Å². The fourth-order valence-electron chi connectivity index (χ4n) is 1.37. The van der Waals surface area contributed by atoms with Gasteiger partial charge in [-0.05, 0) is 0 Å². The SMILES string of the molecule is [O]Cc1csc(S(=O)(=O)N2CCOCC2)n1. The topological polar surface area (TPSA) is 79.4 Å². The molecular formula is C8H11N2O4S2. The Labute approximate surface area is 97.5 Å². The second-order valence-corrected chi connectivity index (χ2v) is 6.24. The molecule has 0 aliphatic carbocycles. The van der Waals surface area contributed by atoms with E-state index in [0.29, 0.717) is 26.3 Å². The standard InChI is InChI=1S/C8H11N2O4S2/c11-5-7-6-15-8(9-7)16(12,13)10-1-3-14-4-2-10/h6H,1-5H2. The van der Waals surface area contributed by atoms with Crippen LogP contribution >= 0.6 is 11.3 Å². The fourth-order valence-corrected chi connectivity index (χ4v) is 3.93. The number of aromatic nitrogens is 1. The lowest BCUT2D eigenvalue weighted by Gasteiger charge is -2.24. The predicted molar refractivity (Wildman–Crippen MR) is 56.1 cm³/mol. The molecule has 0 N–H and O–H groups in total. The Hall–Kier alpha value is -0.540. The average Bonchev–Trinajstić information content (AvgIpc) is 2.79. The van der Waals surface area contributed by atoms with Gasteiger partial charge in [0, 0.05) is 18.5 Å². The van der Waals surface area contributed by atoms with Crippen LogP contribution in [0.25, 0.3) is 0 Å². The van der Waals surface area contributed by atoms with Gasteiger partial charge in [0.15, 0.2) is 0 Å². The summed E-state index contributed by atoms with van der Waals surface area (Å²) in [5, 5.41) is 12.1. The van der Waals surface area contributed by atoms with Gasteiger partial charge in [-0.2, -0.15) is 4.31 Å². The van der Waals surface area contributed by atoms with Gasteiger partial charge in [-0.3, -0.25) is 0 Å². The molecule has 1 radical (unpaired) electrons. The minimum atomic E-state index is -3.53. The van der Waals surface area contributed by atoms with E-state index < -0.39 is 16.6 Å². The minimum absolute atomic E-state index is 0.000231. The number of thiazole rings is 1. The van der Waals surface area contributed by atoms with Crippen LogP contribution in [0.2, 0.25) is 0 Å². The Morgan fingerprint density at radius 1 is 1.44 bits per heavy atom. The van der Waals surface area contributed by atoms with Crippen molar-refractivity contribution in [3.63, 3.8) is 0 Å². The van der Waals surface area contributed by atoms with Gasteiger partial charge in [0.1, 0.15) is 6.61 Å². The number of rotatable bonds is 3. The summed E-state index contributed by atoms with van der Waals surface area (Å²) >= 11 is 0.993. The highest BCUT2D eigenvalue weighted by atomic mass is 32.2. The summed E-state index contributed by atoms with van der Waals surface area (Å²) in [6, 6.07) is 0. The highest BCUT2D eigenvalue weighted by Gasteiger charge is 2.28. The van der Waals surface area contributed by atoms with Crippen LogP contribution in [0.3, 0.4) is 0 Å². The molecule has 8 heteroatoms. The maximum atomic E-state index is 12.0. The lowest BCUT2D eigenvalue weighted by Crippen LogP contribution is -2.40. The predicted octanol–water partition coefficient (Wildman–Crippen LogP) is 0.0945. The van der Waals surface area contributed by atoms with Gasteiger partial charge < -0.3 is 4.74 Å². The van der Waals surface area contributed by atoms with Crippen molar-refractivity contribution in [2.75, 3.05) is 26.3 Å². The van der Waals surface area contributed by atoms with E-state index in [0.717, 1.165) is 11.3 Å². The molecule has 0 unspecified atom stereocenters. The molecule has 89 valence electrons. The van der Waals surface area contributed by atoms with Crippen LogP contribution in [0.1, 0.15) is 5.69 Å². The highest BCUT2D eigenvalue weighted by Crippen LogP contribution is 2.21. The van der Waals surface area contributed by atoms with Crippen LogP contribution in [0.15, 0.2) is 9.72 Å². The van der Waals surface area contributed by atoms with Crippen molar-refractivity contribution >= 4 is 21.4 Å². The second kappa shape index (κ2) is 4.76. The molecule has 2 rings (SSSR count). The van der Waals surface area contributed by atoms with Crippen LogP contribution in [0, 0.1) is 0 Å². The molecule has 0 atom stereocenters. The summed E-state index contributed by atoms with van der Waals surface area (Å²) in [6.45, 7) is 0.996. The fraction of sp³-hybridized carbons (Fsp3) is 0.625. The van der Waals surface area contributed by atoms with E-state index >= 15 is 0 Å². The van der Waals surface area contributed by atoms with E-state index in [-0.39, 0.29) is 10.0 Å². The summed E-state index contributed by atoms with van der Waals surface area (Å²) in [6.07, 6.45) is 0. The Balaban J connectivity index is 2.23. The molecule has 1 saturated heterocycles. The van der Waals surface area contributed by atoms with Crippen LogP contribution < -0.4 is 0 Å². The van der Waals surface area contributed by atoms with Crippen LogP contribution in [-0.4, -0.2) is 44.0 Å². The van der Waals surface area contributed by atoms with Crippen molar-refractivity contribution in [1.29, 1.82) is 0 Å². The second-order valence-electron chi connectivity index (χ2n) is 3.27. The van der Waals surface area contributed by atoms with E-state index in [2.05, 4.69) is 4.98 Å². The first-order valence-electron chi connectivity index (χ1n) is 4.75. The molecule has 2 heterocycles. The number of sulfonamides is 1. The zero-order chi connectivity index (χ0) is 11.6. The molecule has 1 aromatic rings. The maximum Gasteiger partial charge on any atom is 0.270 e. The molecule has 1 aliphatic heterocycles. The number of morpholine rings is 1. The van der Waals surface area contributed by atoms with Gasteiger partial charge in [-0.1, -0.05) is 0 Å². The van der Waals surface area contributed by atoms with Crippen molar-refractivity contribution in [2.24, 2.45) is 0 Å². The minimum Gasteiger partial charge on any atom is -0.379 e. The Kier molecular flexibility index (Phi) is 3.55. The summed E-state index contributed by atoms with van der Waals surface area (Å²) in [7, 11) is -3.53. The third-order valence-corrected chi connectivity index (χ3v) is 5.39. The van der Waals surface area contributed by atoms with Gasteiger partial charge in [-0.15, -0.1) is 11.3 Å². The van der Waals surface area contributed by atoms with Gasteiger partial charge >= 0.3 is 0 Å². The Bertz CT molecular complexity index is 450. The molecule has 0 aromatic carbocycles. The molecule has 0 spiro atoms. The van der Waals surface area contributed by atoms with Gasteiger partial charge in [0.25, 0.3) is 10.0 Å². The third-order valence-electron chi connectivity index (χ3n) is 2.21. The summed E-state index contributed by atoms with van der Waals surface area (Å²) in [5.41, 5.74) is 0.275. The number of nitrogens with zero attached hydrogens (tertiary/aromatic N) is 2. The Morgan fingerprint density at radius 2 is 2.12 bits per heavy atom. The Morgan fingerprint density at radius 3 is 2.69 bits per heavy atom. The lowest BCUT2D eigenvalue weighted by molar-refractivity contribution is 0.0730. The highest BCUT2D eigenvalue weighted by molar-refractivity contribution is 7.91. The summed E-state index contributed by atoms with van der Waals surface area (Å²) < 4.78 is 30.5. The van der Waals surface area contributed by atoms with E-state index in [4.69, 9.17) is 4.74 Å². The van der Waals surface area contributed by atoms with Crippen LogP contribution in [0.4, 0.5) is 0 Å². The number of hydrogen-bond acceptors (Lipinski definition) is 5. The molecule has 0 amide bonds. The monoisotopic (exact) mass is 263 g/mol. The van der Waals surface area contributed by atoms with Crippen molar-refractivity contribution in [3.8, 4) is 0 Å². The van der Waals surface area contributed by atoms with Gasteiger partial charge in [0.05, 0.1) is 18.9 Å². The van der Waals surface area contributed by atoms with Crippen molar-refractivity contribution in [3.05, 3.63) is 11.1 Å². The first-order valence-corrected chi connectivity index (χ1v) is 7.07. The number of hydrogen-bond donors (Lipinski definition) is 0. The lowest BCUT2D eigenvalue weighted by atomic mass is 10.5. The summed E-state index contributed by atoms with van der Waals surface area (Å²) in [4.78, 5) is 3.81. The van der Waals surface area contributed by atoms with Crippen LogP contribution in [-0.2, 0) is 26.5 Å². The smallest absolute Gasteiger partial charge is 0.270 e. The summed E-state index contributed by atoms with van der Waals surface area (Å²) in [5.74, 6) is 0. The largest absolute Gasteiger partial charge is 0.379 e. The molecule has 1 aromatic heterocycles. The normalized spacial score (nSPS) is 18.8. The zero-order valence-corrected chi connectivity index (χ0v) is 10.1. The van der Waals surface area contributed by atoms with E-state index in [1.54, 1.807) is 0 Å². The third kappa shape index (κ3) is 2.25. The van der Waals surface area contributed by atoms with Crippen molar-refractivity contribution in [2.45, 2.75) is 10.9 Å². The molecule has 16 heavy (non-hydrogen) atoms. The molecule has 0 saturated carbocycles. The van der Waals surface area contributed by atoms with E-state index in [1.165, 1.54) is 9.69 Å². The van der Waals surface area contributed by atoms with Crippen LogP contribution in [0.5, 0.6) is 0 Å². The first-order chi connectivity index (χ1) is 7.64. The molecule has 1 aliphatic rings. The molecule has 1 fully saturated rings. The molecule has 0 bridgehead atoms. The van der Waals surface area contributed by atoms with Gasteiger partial charge in [0.2, 0.25) is 4.34 Å². The first kappa shape index (κ1) is 11.9. The number of ether oxygens (including phenoxy) is 1. The molecule has 6 nitrogen and oxygen atoms in total. The zero-order valence-electron chi connectivity index (χ0n) is 8.46. The van der Waals surface area contributed by atoms with Crippen molar-refractivity contribution < 1.29 is 18.3 Å². The van der Waals surface area contributed by atoms with E-state index in [1.807, 2.05) is 0 Å².